The number of para-hydroxylation sites is 1. The Morgan fingerprint density at radius 1 is 0.872 bits per heavy atom. The SMILES string of the molecule is CCOC(=O)C1=NN(c2ccccc2)[C@H](c2ccc(OCc3c(Cl)cccc3Cl)c(OC)c2)N1c1ccc(N2CCOCC2)c(Cl)c1. The Kier molecular flexibility index (Phi) is 10.3. The first-order chi connectivity index (χ1) is 22.9. The third-order valence-electron chi connectivity index (χ3n) is 7.87. The van der Waals surface area contributed by atoms with Crippen LogP contribution in [0, 0.1) is 0 Å². The molecule has 1 atom stereocenters. The highest BCUT2D eigenvalue weighted by Crippen LogP contribution is 2.43. The van der Waals surface area contributed by atoms with E-state index >= 15 is 0 Å². The minimum absolute atomic E-state index is 0.114. The summed E-state index contributed by atoms with van der Waals surface area (Å²) in [5, 5.41) is 8.19. The van der Waals surface area contributed by atoms with E-state index in [0.717, 1.165) is 30.0 Å². The number of carbonyl (C=O) groups excluding carboxylic acids is 1. The lowest BCUT2D eigenvalue weighted by Gasteiger charge is -2.33. The van der Waals surface area contributed by atoms with Crippen molar-refractivity contribution in [3.8, 4) is 11.5 Å². The van der Waals surface area contributed by atoms with E-state index in [4.69, 9.17) is 58.9 Å². The first-order valence-corrected chi connectivity index (χ1v) is 16.3. The molecule has 0 saturated carbocycles. The first-order valence-electron chi connectivity index (χ1n) is 15.1. The summed E-state index contributed by atoms with van der Waals surface area (Å²) in [6.45, 7) is 4.82. The largest absolute Gasteiger partial charge is 0.493 e. The van der Waals surface area contributed by atoms with Gasteiger partial charge in [-0.3, -0.25) is 4.90 Å². The summed E-state index contributed by atoms with van der Waals surface area (Å²) < 4.78 is 23.0. The molecule has 12 heteroatoms. The molecule has 0 unspecified atom stereocenters. The Hall–Kier alpha value is -4.15. The average Bonchev–Trinajstić information content (AvgIpc) is 3.50. The van der Waals surface area contributed by atoms with Crippen molar-refractivity contribution in [2.45, 2.75) is 19.7 Å². The average molecular weight is 696 g/mol. The molecule has 1 saturated heterocycles. The van der Waals surface area contributed by atoms with E-state index in [1.165, 1.54) is 0 Å². The van der Waals surface area contributed by atoms with Crippen LogP contribution in [0.1, 0.15) is 24.2 Å². The third-order valence-corrected chi connectivity index (χ3v) is 8.88. The smallest absolute Gasteiger partial charge is 0.376 e. The highest BCUT2D eigenvalue weighted by molar-refractivity contribution is 6.42. The Morgan fingerprint density at radius 3 is 2.30 bits per heavy atom. The normalized spacial score (nSPS) is 16.2. The zero-order valence-electron chi connectivity index (χ0n) is 25.9. The zero-order valence-corrected chi connectivity index (χ0v) is 28.1. The Labute approximate surface area is 288 Å². The number of morpholine rings is 1. The number of methoxy groups -OCH3 is 1. The van der Waals surface area contributed by atoms with Crippen molar-refractivity contribution in [2.75, 3.05) is 54.8 Å². The van der Waals surface area contributed by atoms with E-state index in [0.29, 0.717) is 51.0 Å². The van der Waals surface area contributed by atoms with Crippen molar-refractivity contribution in [3.63, 3.8) is 0 Å². The number of nitrogens with zero attached hydrogens (tertiary/aromatic N) is 4. The summed E-state index contributed by atoms with van der Waals surface area (Å²) in [6, 6.07) is 26.3. The molecule has 6 rings (SSSR count). The van der Waals surface area contributed by atoms with Crippen molar-refractivity contribution in [1.82, 2.24) is 0 Å². The first kappa shape index (κ1) is 32.8. The standard InChI is InChI=1S/C35H33Cl3N4O5/c1-3-46-35(43)33-39-42(24-8-5-4-6-9-24)34(41(33)25-13-14-30(29(38)21-25)40-16-18-45-19-17-40)23-12-15-31(32(20-23)44-2)47-22-26-27(36)10-7-11-28(26)37/h4-15,20-21,34H,3,16-19,22H2,1-2H3/t34-/m1/s1. The summed E-state index contributed by atoms with van der Waals surface area (Å²) in [5.74, 6) is 0.521. The zero-order chi connectivity index (χ0) is 32.9. The van der Waals surface area contributed by atoms with E-state index in [9.17, 15) is 4.79 Å². The number of halogens is 3. The lowest BCUT2D eigenvalue weighted by Crippen LogP contribution is -2.39. The van der Waals surface area contributed by atoms with Gasteiger partial charge in [0.15, 0.2) is 17.7 Å². The molecule has 4 aromatic rings. The second kappa shape index (κ2) is 14.7. The van der Waals surface area contributed by atoms with Crippen LogP contribution in [-0.4, -0.2) is 51.8 Å². The Balaban J connectivity index is 1.42. The van der Waals surface area contributed by atoms with Crippen LogP contribution in [-0.2, 0) is 20.9 Å². The summed E-state index contributed by atoms with van der Waals surface area (Å²) in [6.07, 6.45) is -0.622. The highest BCUT2D eigenvalue weighted by atomic mass is 35.5. The molecule has 1 fully saturated rings. The number of amidine groups is 1. The van der Waals surface area contributed by atoms with Gasteiger partial charge >= 0.3 is 5.97 Å². The molecule has 0 bridgehead atoms. The summed E-state index contributed by atoms with van der Waals surface area (Å²) in [5.41, 5.74) is 3.76. The molecule has 0 spiro atoms. The maximum Gasteiger partial charge on any atom is 0.376 e. The van der Waals surface area contributed by atoms with E-state index in [-0.39, 0.29) is 19.0 Å². The van der Waals surface area contributed by atoms with Gasteiger partial charge in [-0.15, -0.1) is 5.10 Å². The molecule has 0 N–H and O–H groups in total. The fourth-order valence-electron chi connectivity index (χ4n) is 5.59. The van der Waals surface area contributed by atoms with Crippen LogP contribution in [0.3, 0.4) is 0 Å². The highest BCUT2D eigenvalue weighted by Gasteiger charge is 2.42. The monoisotopic (exact) mass is 694 g/mol. The molecule has 9 nitrogen and oxygen atoms in total. The number of esters is 1. The van der Waals surface area contributed by atoms with Gasteiger partial charge in [0, 0.05) is 39.9 Å². The number of rotatable bonds is 10. The topological polar surface area (TPSA) is 76.1 Å². The van der Waals surface area contributed by atoms with Gasteiger partial charge in [0.05, 0.1) is 43.3 Å². The molecule has 2 aliphatic rings. The van der Waals surface area contributed by atoms with Crippen molar-refractivity contribution in [3.05, 3.63) is 111 Å². The fraction of sp³-hybridized carbons (Fsp3) is 0.257. The number of benzene rings is 4. The molecule has 244 valence electrons. The summed E-state index contributed by atoms with van der Waals surface area (Å²) >= 11 is 19.7. The van der Waals surface area contributed by atoms with Crippen LogP contribution < -0.4 is 24.3 Å². The van der Waals surface area contributed by atoms with Gasteiger partial charge in [0.1, 0.15) is 6.61 Å². The molecule has 47 heavy (non-hydrogen) atoms. The van der Waals surface area contributed by atoms with Crippen LogP contribution >= 0.6 is 34.8 Å². The van der Waals surface area contributed by atoms with Gasteiger partial charge in [-0.25, -0.2) is 9.80 Å². The third kappa shape index (κ3) is 6.94. The lowest BCUT2D eigenvalue weighted by atomic mass is 10.1. The van der Waals surface area contributed by atoms with Gasteiger partial charge in [0.25, 0.3) is 0 Å². The van der Waals surface area contributed by atoms with Crippen molar-refractivity contribution < 1.29 is 23.7 Å². The second-order valence-corrected chi connectivity index (χ2v) is 11.9. The van der Waals surface area contributed by atoms with Crippen LogP contribution in [0.5, 0.6) is 11.5 Å². The molecule has 0 aliphatic carbocycles. The number of hydrogen-bond donors (Lipinski definition) is 0. The van der Waals surface area contributed by atoms with E-state index in [1.54, 1.807) is 37.2 Å². The van der Waals surface area contributed by atoms with Crippen LogP contribution in [0.15, 0.2) is 90.0 Å². The maximum absolute atomic E-state index is 13.5. The number of hydrogen-bond acceptors (Lipinski definition) is 9. The summed E-state index contributed by atoms with van der Waals surface area (Å²) in [4.78, 5) is 17.5. The molecule has 0 aromatic heterocycles. The Morgan fingerprint density at radius 2 is 1.62 bits per heavy atom. The number of anilines is 3. The predicted octanol–water partition coefficient (Wildman–Crippen LogP) is 7.97. The minimum atomic E-state index is -0.622. The molecule has 0 radical (unpaired) electrons. The minimum Gasteiger partial charge on any atom is -0.493 e. The Bertz CT molecular complexity index is 1750. The van der Waals surface area contributed by atoms with E-state index in [1.807, 2.05) is 71.6 Å². The summed E-state index contributed by atoms with van der Waals surface area (Å²) in [7, 11) is 1.57. The van der Waals surface area contributed by atoms with Crippen LogP contribution in [0.25, 0.3) is 0 Å². The molecular weight excluding hydrogens is 663 g/mol. The molecule has 4 aromatic carbocycles. The lowest BCUT2D eigenvalue weighted by molar-refractivity contribution is -0.135. The molecular formula is C35H33Cl3N4O5. The number of carbonyl (C=O) groups is 1. The van der Waals surface area contributed by atoms with Gasteiger partial charge < -0.3 is 23.8 Å². The van der Waals surface area contributed by atoms with Crippen molar-refractivity contribution in [2.24, 2.45) is 5.10 Å². The van der Waals surface area contributed by atoms with Gasteiger partial charge in [-0.2, -0.15) is 0 Å². The van der Waals surface area contributed by atoms with Gasteiger partial charge in [0.2, 0.25) is 5.84 Å². The van der Waals surface area contributed by atoms with Crippen molar-refractivity contribution >= 4 is 63.7 Å². The molecule has 0 amide bonds. The maximum atomic E-state index is 13.5. The van der Waals surface area contributed by atoms with Crippen molar-refractivity contribution in [1.29, 1.82) is 0 Å². The van der Waals surface area contributed by atoms with Crippen LogP contribution in [0.4, 0.5) is 17.1 Å². The molecule has 2 aliphatic heterocycles. The second-order valence-electron chi connectivity index (χ2n) is 10.7. The van der Waals surface area contributed by atoms with E-state index in [2.05, 4.69) is 4.90 Å². The predicted molar refractivity (Wildman–Crippen MR) is 186 cm³/mol. The fourth-order valence-corrected chi connectivity index (χ4v) is 6.39. The van der Waals surface area contributed by atoms with Crippen LogP contribution in [0.2, 0.25) is 15.1 Å². The van der Waals surface area contributed by atoms with E-state index < -0.39 is 12.1 Å². The molecule has 2 heterocycles. The van der Waals surface area contributed by atoms with Gasteiger partial charge in [-0.05, 0) is 61.5 Å². The van der Waals surface area contributed by atoms with Gasteiger partial charge in [-0.1, -0.05) is 65.1 Å². The number of ether oxygens (including phenoxy) is 4. The quantitative estimate of drug-likeness (QED) is 0.155. The number of hydrazone groups is 1.